The number of nitrogens with zero attached hydrogens (tertiary/aromatic N) is 3. The Morgan fingerprint density at radius 1 is 0.778 bits per heavy atom. The summed E-state index contributed by atoms with van der Waals surface area (Å²) in [7, 11) is 0. The zero-order valence-electron chi connectivity index (χ0n) is 16.1. The number of hydrogen-bond donors (Lipinski definition) is 0. The summed E-state index contributed by atoms with van der Waals surface area (Å²) in [6, 6.07) is 10.2. The van der Waals surface area contributed by atoms with Gasteiger partial charge in [-0.2, -0.15) is 0 Å². The number of piperazine rings is 1. The molecule has 0 N–H and O–H groups in total. The van der Waals surface area contributed by atoms with Crippen molar-refractivity contribution in [3.05, 3.63) is 30.3 Å². The van der Waals surface area contributed by atoms with E-state index in [-0.39, 0.29) is 11.8 Å². The Balaban J connectivity index is 1.34. The molecule has 0 radical (unpaired) electrons. The zero-order chi connectivity index (χ0) is 18.9. The van der Waals surface area contributed by atoms with E-state index in [4.69, 9.17) is 0 Å². The van der Waals surface area contributed by atoms with Gasteiger partial charge in [0.2, 0.25) is 11.8 Å². The number of rotatable bonds is 6. The molecule has 2 amide bonds. The minimum absolute atomic E-state index is 0.233. The van der Waals surface area contributed by atoms with Crippen LogP contribution in [0.2, 0.25) is 0 Å². The van der Waals surface area contributed by atoms with Crippen LogP contribution < -0.4 is 0 Å². The van der Waals surface area contributed by atoms with Gasteiger partial charge in [0.1, 0.15) is 0 Å². The highest BCUT2D eigenvalue weighted by Crippen LogP contribution is 2.18. The smallest absolute Gasteiger partial charge is 0.236 e. The van der Waals surface area contributed by atoms with Crippen LogP contribution in [0.25, 0.3) is 0 Å². The molecule has 0 unspecified atom stereocenters. The highest BCUT2D eigenvalue weighted by molar-refractivity contribution is 7.99. The van der Waals surface area contributed by atoms with E-state index >= 15 is 0 Å². The first-order valence-corrected chi connectivity index (χ1v) is 11.2. The lowest BCUT2D eigenvalue weighted by Crippen LogP contribution is -2.51. The number of carbonyl (C=O) groups excluding carboxylic acids is 2. The highest BCUT2D eigenvalue weighted by atomic mass is 32.2. The fourth-order valence-corrected chi connectivity index (χ4v) is 4.56. The number of hydrogen-bond acceptors (Lipinski definition) is 4. The SMILES string of the molecule is O=C(CCSc1ccccc1)N1CCN(CC(=O)N2CCCCCC2)CC1. The topological polar surface area (TPSA) is 43.9 Å². The molecule has 1 aromatic carbocycles. The Morgan fingerprint density at radius 3 is 2.07 bits per heavy atom. The zero-order valence-corrected chi connectivity index (χ0v) is 17.0. The van der Waals surface area contributed by atoms with E-state index < -0.39 is 0 Å². The van der Waals surface area contributed by atoms with Gasteiger partial charge in [0.25, 0.3) is 0 Å². The molecule has 1 aromatic rings. The van der Waals surface area contributed by atoms with Gasteiger partial charge in [-0.3, -0.25) is 14.5 Å². The number of benzene rings is 1. The highest BCUT2D eigenvalue weighted by Gasteiger charge is 2.24. The lowest BCUT2D eigenvalue weighted by molar-refractivity contribution is -0.134. The van der Waals surface area contributed by atoms with Crippen LogP contribution >= 0.6 is 11.8 Å². The molecule has 5 nitrogen and oxygen atoms in total. The van der Waals surface area contributed by atoms with Gasteiger partial charge < -0.3 is 9.80 Å². The summed E-state index contributed by atoms with van der Waals surface area (Å²) in [4.78, 5) is 32.3. The van der Waals surface area contributed by atoms with Crippen LogP contribution in [-0.2, 0) is 9.59 Å². The molecule has 0 atom stereocenters. The maximum atomic E-state index is 12.5. The van der Waals surface area contributed by atoms with Crippen molar-refractivity contribution in [2.24, 2.45) is 0 Å². The van der Waals surface area contributed by atoms with Crippen molar-refractivity contribution in [1.29, 1.82) is 0 Å². The fraction of sp³-hybridized carbons (Fsp3) is 0.619. The van der Waals surface area contributed by atoms with Gasteiger partial charge in [0.15, 0.2) is 0 Å². The number of carbonyl (C=O) groups is 2. The molecule has 2 heterocycles. The first kappa shape index (κ1) is 20.2. The summed E-state index contributed by atoms with van der Waals surface area (Å²) in [6.45, 7) is 5.41. The second-order valence-corrected chi connectivity index (χ2v) is 8.53. The van der Waals surface area contributed by atoms with E-state index in [9.17, 15) is 9.59 Å². The first-order chi connectivity index (χ1) is 13.2. The molecule has 2 aliphatic rings. The van der Waals surface area contributed by atoms with Crippen molar-refractivity contribution in [3.63, 3.8) is 0 Å². The maximum absolute atomic E-state index is 12.5. The van der Waals surface area contributed by atoms with Crippen LogP contribution in [0.3, 0.4) is 0 Å². The van der Waals surface area contributed by atoms with Crippen LogP contribution in [0.15, 0.2) is 35.2 Å². The molecular formula is C21H31N3O2S. The summed E-state index contributed by atoms with van der Waals surface area (Å²) in [5.41, 5.74) is 0. The van der Waals surface area contributed by atoms with E-state index in [1.165, 1.54) is 17.7 Å². The third kappa shape index (κ3) is 6.54. The van der Waals surface area contributed by atoms with E-state index in [1.54, 1.807) is 11.8 Å². The van der Waals surface area contributed by atoms with Gasteiger partial charge in [-0.25, -0.2) is 0 Å². The quantitative estimate of drug-likeness (QED) is 0.702. The molecule has 0 aromatic heterocycles. The number of likely N-dealkylation sites (tertiary alicyclic amines) is 1. The average Bonchev–Trinajstić information content (AvgIpc) is 2.99. The van der Waals surface area contributed by atoms with Crippen LogP contribution in [0, 0.1) is 0 Å². The Labute approximate surface area is 167 Å². The normalized spacial score (nSPS) is 19.0. The third-order valence-electron chi connectivity index (χ3n) is 5.37. The summed E-state index contributed by atoms with van der Waals surface area (Å²) in [5, 5.41) is 0. The van der Waals surface area contributed by atoms with E-state index in [0.717, 1.165) is 57.9 Å². The first-order valence-electron chi connectivity index (χ1n) is 10.2. The second kappa shape index (κ2) is 10.7. The van der Waals surface area contributed by atoms with Gasteiger partial charge in [0.05, 0.1) is 6.54 Å². The summed E-state index contributed by atoms with van der Waals surface area (Å²) in [6.07, 6.45) is 5.33. The van der Waals surface area contributed by atoms with Crippen molar-refractivity contribution < 1.29 is 9.59 Å². The van der Waals surface area contributed by atoms with Crippen molar-refractivity contribution in [2.45, 2.75) is 37.0 Å². The number of thioether (sulfide) groups is 1. The van der Waals surface area contributed by atoms with Gasteiger partial charge >= 0.3 is 0 Å². The van der Waals surface area contributed by atoms with Crippen molar-refractivity contribution in [3.8, 4) is 0 Å². The van der Waals surface area contributed by atoms with Crippen molar-refractivity contribution in [1.82, 2.24) is 14.7 Å². The van der Waals surface area contributed by atoms with Crippen LogP contribution in [-0.4, -0.2) is 78.1 Å². The second-order valence-electron chi connectivity index (χ2n) is 7.36. The van der Waals surface area contributed by atoms with Gasteiger partial charge in [-0.05, 0) is 25.0 Å². The van der Waals surface area contributed by atoms with Gasteiger partial charge in [-0.1, -0.05) is 31.0 Å². The van der Waals surface area contributed by atoms with E-state index in [0.29, 0.717) is 13.0 Å². The van der Waals surface area contributed by atoms with Gasteiger partial charge in [0, 0.05) is 56.3 Å². The molecule has 0 saturated carbocycles. The van der Waals surface area contributed by atoms with Crippen molar-refractivity contribution in [2.75, 3.05) is 51.6 Å². The molecule has 0 bridgehead atoms. The summed E-state index contributed by atoms with van der Waals surface area (Å²) < 4.78 is 0. The molecule has 2 saturated heterocycles. The van der Waals surface area contributed by atoms with E-state index in [2.05, 4.69) is 17.0 Å². The maximum Gasteiger partial charge on any atom is 0.236 e. The Bertz CT molecular complexity index is 595. The Kier molecular flexibility index (Phi) is 8.02. The predicted molar refractivity (Wildman–Crippen MR) is 110 cm³/mol. The third-order valence-corrected chi connectivity index (χ3v) is 6.38. The summed E-state index contributed by atoms with van der Waals surface area (Å²) in [5.74, 6) is 1.31. The van der Waals surface area contributed by atoms with Crippen LogP contribution in [0.5, 0.6) is 0 Å². The Morgan fingerprint density at radius 2 is 1.41 bits per heavy atom. The molecule has 3 rings (SSSR count). The standard InChI is InChI=1S/C21H31N3O2S/c25-20(10-17-27-19-8-4-3-5-9-19)24-15-13-22(14-16-24)18-21(26)23-11-6-1-2-7-12-23/h3-5,8-9H,1-2,6-7,10-18H2. The molecule has 148 valence electrons. The summed E-state index contributed by atoms with van der Waals surface area (Å²) >= 11 is 1.73. The van der Waals surface area contributed by atoms with Crippen LogP contribution in [0.4, 0.5) is 0 Å². The van der Waals surface area contributed by atoms with Gasteiger partial charge in [-0.15, -0.1) is 11.8 Å². The monoisotopic (exact) mass is 389 g/mol. The molecule has 0 aliphatic carbocycles. The molecule has 0 spiro atoms. The minimum Gasteiger partial charge on any atom is -0.342 e. The molecule has 2 aliphatic heterocycles. The van der Waals surface area contributed by atoms with Crippen LogP contribution in [0.1, 0.15) is 32.1 Å². The Hall–Kier alpha value is -1.53. The van der Waals surface area contributed by atoms with E-state index in [1.807, 2.05) is 28.0 Å². The van der Waals surface area contributed by atoms with Crippen molar-refractivity contribution >= 4 is 23.6 Å². The molecule has 27 heavy (non-hydrogen) atoms. The largest absolute Gasteiger partial charge is 0.342 e. The average molecular weight is 390 g/mol. The predicted octanol–water partition coefficient (Wildman–Crippen LogP) is 2.72. The minimum atomic E-state index is 0.233. The molecule has 2 fully saturated rings. The lowest BCUT2D eigenvalue weighted by atomic mass is 10.2. The molecular weight excluding hydrogens is 358 g/mol. The fourth-order valence-electron chi connectivity index (χ4n) is 3.70. The number of amides is 2. The lowest BCUT2D eigenvalue weighted by Gasteiger charge is -2.35. The molecule has 6 heteroatoms.